The lowest BCUT2D eigenvalue weighted by Crippen LogP contribution is -2.35. The lowest BCUT2D eigenvalue weighted by Gasteiger charge is -2.20. The van der Waals surface area contributed by atoms with Gasteiger partial charge in [0.25, 0.3) is 29.5 Å². The molecule has 1 atom stereocenters. The molecule has 1 aromatic carbocycles. The Labute approximate surface area is 414 Å². The van der Waals surface area contributed by atoms with Crippen LogP contribution in [0.4, 0.5) is 28.4 Å². The fourth-order valence-corrected chi connectivity index (χ4v) is 8.33. The molecule has 7 rings (SSSR count). The number of benzene rings is 1. The van der Waals surface area contributed by atoms with E-state index in [9.17, 15) is 38.4 Å². The summed E-state index contributed by atoms with van der Waals surface area (Å²) < 4.78 is 17.7. The molecule has 8 amide bonds. The van der Waals surface area contributed by atoms with Gasteiger partial charge < -0.3 is 69.9 Å². The van der Waals surface area contributed by atoms with Crippen LogP contribution in [0, 0.1) is 0 Å². The highest BCUT2D eigenvalue weighted by Crippen LogP contribution is 2.38. The molecule has 1 fully saturated rings. The number of nitrogens with zero attached hydrogens (tertiary/aromatic N) is 6. The van der Waals surface area contributed by atoms with Crippen molar-refractivity contribution < 1.29 is 47.8 Å². The van der Waals surface area contributed by atoms with Gasteiger partial charge in [0.2, 0.25) is 17.7 Å². The third-order valence-electron chi connectivity index (χ3n) is 11.9. The number of ether oxygens (including phenoxy) is 2. The number of amides is 8. The van der Waals surface area contributed by atoms with Crippen LogP contribution in [0.1, 0.15) is 97.8 Å². The standard InChI is InChI=1S/C49H59N13O10/c1-29(63)50-13-9-14-51-45(66)37-20-32(27-58(37)2)56-48(69)40-19-31(26-61(40)5)55-44(65)12-15-52-46(67)38-21-33(28-59(38)3)57-47(68)39-18-30(25-60(39)4)54-43(64)11-8-17-72-42-23-36-35(22-41(42)71-6)49(70)62-16-7-10-34(62)24-53-36/h18-28,34H,7-17H2,1-6H3,(H,50,63)(H,51,66)(H,52,67)(H,54,64)(H,55,65)(H,56,69)(H,57,68)/t34-/m0/s1. The van der Waals surface area contributed by atoms with E-state index in [1.807, 2.05) is 4.90 Å². The number of hydrogen-bond donors (Lipinski definition) is 7. The van der Waals surface area contributed by atoms with Gasteiger partial charge in [-0.1, -0.05) is 0 Å². The summed E-state index contributed by atoms with van der Waals surface area (Å²) in [5, 5.41) is 19.3. The van der Waals surface area contributed by atoms with E-state index < -0.39 is 23.6 Å². The van der Waals surface area contributed by atoms with Crippen molar-refractivity contribution in [2.75, 3.05) is 61.2 Å². The number of aliphatic imine (C=N–C) groups is 1. The Morgan fingerprint density at radius 3 is 1.65 bits per heavy atom. The monoisotopic (exact) mass is 989 g/mol. The van der Waals surface area contributed by atoms with E-state index in [0.29, 0.717) is 83.7 Å². The SMILES string of the molecule is COc1cc2c(cc1OCCCC(=O)Nc1cc(C(=O)Nc3cc(C(=O)NCCC(=O)Nc4cc(C(=O)Nc5cc(C(=O)NCCCNC(C)=O)n(C)c5)n(C)c4)n(C)c3)n(C)c1)N=C[C@@H]1CCCN1C2=O. The molecule has 0 aliphatic carbocycles. The van der Waals surface area contributed by atoms with Crippen LogP contribution in [-0.2, 0) is 42.6 Å². The number of aromatic nitrogens is 4. The van der Waals surface area contributed by atoms with Crippen molar-refractivity contribution in [3.8, 4) is 11.5 Å². The fraction of sp³-hybridized carbons (Fsp3) is 0.367. The van der Waals surface area contributed by atoms with E-state index in [2.05, 4.69) is 42.2 Å². The molecule has 380 valence electrons. The molecule has 1 saturated heterocycles. The summed E-state index contributed by atoms with van der Waals surface area (Å²) in [6.45, 7) is 3.08. The molecule has 0 saturated carbocycles. The highest BCUT2D eigenvalue weighted by atomic mass is 16.5. The summed E-state index contributed by atoms with van der Waals surface area (Å²) in [5.41, 5.74) is 3.51. The molecule has 2 aliphatic rings. The summed E-state index contributed by atoms with van der Waals surface area (Å²) in [6.07, 6.45) is 10.9. The predicted octanol–water partition coefficient (Wildman–Crippen LogP) is 3.69. The van der Waals surface area contributed by atoms with Crippen molar-refractivity contribution >= 4 is 81.9 Å². The second kappa shape index (κ2) is 22.9. The molecule has 72 heavy (non-hydrogen) atoms. The minimum Gasteiger partial charge on any atom is -0.493 e. The maximum atomic E-state index is 13.3. The minimum atomic E-state index is -0.481. The van der Waals surface area contributed by atoms with Crippen LogP contribution in [0.15, 0.2) is 66.2 Å². The molecule has 5 aromatic rings. The molecule has 7 N–H and O–H groups in total. The molecule has 23 heteroatoms. The lowest BCUT2D eigenvalue weighted by atomic mass is 10.1. The van der Waals surface area contributed by atoms with Crippen LogP contribution in [0.5, 0.6) is 11.5 Å². The summed E-state index contributed by atoms with van der Waals surface area (Å²) in [7, 11) is 8.12. The van der Waals surface area contributed by atoms with Crippen LogP contribution in [0.25, 0.3) is 0 Å². The Morgan fingerprint density at radius 2 is 1.11 bits per heavy atom. The Morgan fingerprint density at radius 1 is 0.611 bits per heavy atom. The minimum absolute atomic E-state index is 0.0107. The van der Waals surface area contributed by atoms with E-state index in [1.165, 1.54) is 36.8 Å². The largest absolute Gasteiger partial charge is 0.493 e. The molecule has 23 nitrogen and oxygen atoms in total. The van der Waals surface area contributed by atoms with Crippen molar-refractivity contribution in [2.24, 2.45) is 33.2 Å². The van der Waals surface area contributed by atoms with Gasteiger partial charge in [0.15, 0.2) is 11.5 Å². The Balaban J connectivity index is 0.822. The van der Waals surface area contributed by atoms with Crippen LogP contribution >= 0.6 is 0 Å². The summed E-state index contributed by atoms with van der Waals surface area (Å²) in [5.74, 6) is -1.89. The number of nitrogens with one attached hydrogen (secondary N) is 7. The zero-order valence-corrected chi connectivity index (χ0v) is 41.0. The molecule has 4 aromatic heterocycles. The molecule has 2 aliphatic heterocycles. The normalized spacial score (nSPS) is 13.6. The van der Waals surface area contributed by atoms with Crippen molar-refractivity contribution in [3.05, 3.63) is 89.5 Å². The first-order valence-corrected chi connectivity index (χ1v) is 23.4. The van der Waals surface area contributed by atoms with Crippen LogP contribution in [0.2, 0.25) is 0 Å². The second-order valence-corrected chi connectivity index (χ2v) is 17.5. The first kappa shape index (κ1) is 51.2. The van der Waals surface area contributed by atoms with Crippen LogP contribution in [0.3, 0.4) is 0 Å². The average Bonchev–Trinajstić information content (AvgIpc) is 4.17. The van der Waals surface area contributed by atoms with E-state index >= 15 is 0 Å². The molecule has 0 radical (unpaired) electrons. The summed E-state index contributed by atoms with van der Waals surface area (Å²) in [6, 6.07) is 9.39. The zero-order valence-electron chi connectivity index (χ0n) is 41.0. The molecule has 0 unspecified atom stereocenters. The molecule has 6 heterocycles. The number of aryl methyl sites for hydroxylation is 4. The third kappa shape index (κ3) is 12.6. The quantitative estimate of drug-likeness (QED) is 0.0524. The van der Waals surface area contributed by atoms with E-state index in [-0.39, 0.29) is 72.7 Å². The summed E-state index contributed by atoms with van der Waals surface area (Å²) in [4.78, 5) is 109. The maximum absolute atomic E-state index is 13.3. The Kier molecular flexibility index (Phi) is 16.3. The van der Waals surface area contributed by atoms with Gasteiger partial charge in [-0.05, 0) is 56.0 Å². The zero-order chi connectivity index (χ0) is 51.6. The van der Waals surface area contributed by atoms with Gasteiger partial charge in [0, 0.05) is 111 Å². The van der Waals surface area contributed by atoms with Gasteiger partial charge in [0.1, 0.15) is 22.8 Å². The smallest absolute Gasteiger partial charge is 0.272 e. The van der Waals surface area contributed by atoms with Crippen molar-refractivity contribution in [3.63, 3.8) is 0 Å². The first-order chi connectivity index (χ1) is 34.5. The van der Waals surface area contributed by atoms with Crippen LogP contribution in [-0.4, -0.2) is 123 Å². The van der Waals surface area contributed by atoms with Gasteiger partial charge in [-0.2, -0.15) is 0 Å². The van der Waals surface area contributed by atoms with Crippen LogP contribution < -0.4 is 46.7 Å². The lowest BCUT2D eigenvalue weighted by molar-refractivity contribution is -0.119. The molecular weight excluding hydrogens is 931 g/mol. The topological polar surface area (TPSA) is 275 Å². The highest BCUT2D eigenvalue weighted by molar-refractivity contribution is 6.07. The first-order valence-electron chi connectivity index (χ1n) is 23.4. The number of carbonyl (C=O) groups is 8. The van der Waals surface area contributed by atoms with Crippen molar-refractivity contribution in [2.45, 2.75) is 51.5 Å². The van der Waals surface area contributed by atoms with E-state index in [4.69, 9.17) is 9.47 Å². The number of anilines is 4. The second-order valence-electron chi connectivity index (χ2n) is 17.5. The Hall–Kier alpha value is -8.63. The molecular formula is C49H59N13O10. The van der Waals surface area contributed by atoms with E-state index in [0.717, 1.165) is 12.8 Å². The van der Waals surface area contributed by atoms with E-state index in [1.54, 1.807) is 91.1 Å². The number of carbonyl (C=O) groups excluding carboxylic acids is 8. The average molecular weight is 990 g/mol. The fourth-order valence-electron chi connectivity index (χ4n) is 8.33. The Bertz CT molecular complexity index is 2940. The number of hydrogen-bond acceptors (Lipinski definition) is 11. The maximum Gasteiger partial charge on any atom is 0.272 e. The third-order valence-corrected chi connectivity index (χ3v) is 11.9. The van der Waals surface area contributed by atoms with Gasteiger partial charge in [-0.15, -0.1) is 0 Å². The number of methoxy groups -OCH3 is 1. The molecule has 0 bridgehead atoms. The molecule has 0 spiro atoms. The van der Waals surface area contributed by atoms with Gasteiger partial charge in [0.05, 0.1) is 53.8 Å². The van der Waals surface area contributed by atoms with Crippen molar-refractivity contribution in [1.29, 1.82) is 0 Å². The number of fused-ring (bicyclic) bond motifs is 2. The highest BCUT2D eigenvalue weighted by Gasteiger charge is 2.33. The van der Waals surface area contributed by atoms with Gasteiger partial charge >= 0.3 is 0 Å². The van der Waals surface area contributed by atoms with Gasteiger partial charge in [-0.3, -0.25) is 43.3 Å². The summed E-state index contributed by atoms with van der Waals surface area (Å²) >= 11 is 0. The van der Waals surface area contributed by atoms with Gasteiger partial charge in [-0.25, -0.2) is 0 Å². The number of rotatable bonds is 21. The predicted molar refractivity (Wildman–Crippen MR) is 267 cm³/mol. The van der Waals surface area contributed by atoms with Crippen molar-refractivity contribution in [1.82, 2.24) is 39.1 Å².